The number of halogens is 1. The molecule has 0 fully saturated rings. The topological polar surface area (TPSA) is 67.9 Å². The van der Waals surface area contributed by atoms with Crippen LogP contribution in [0.15, 0.2) is 41.8 Å². The maximum absolute atomic E-state index is 14.1. The van der Waals surface area contributed by atoms with Gasteiger partial charge in [-0.15, -0.1) is 0 Å². The molecule has 0 saturated carbocycles. The summed E-state index contributed by atoms with van der Waals surface area (Å²) in [4.78, 5) is 23.3. The van der Waals surface area contributed by atoms with E-state index in [4.69, 9.17) is 4.74 Å². The summed E-state index contributed by atoms with van der Waals surface area (Å²) in [6.45, 7) is 2.47. The van der Waals surface area contributed by atoms with Gasteiger partial charge in [0.2, 0.25) is 0 Å². The largest absolute Gasteiger partial charge is 0.491 e. The first-order valence-electron chi connectivity index (χ1n) is 6.94. The number of nitrogens with zero attached hydrogens (tertiary/aromatic N) is 2. The molecular weight excluding hydrogens is 285 g/mol. The molecule has 2 heterocycles. The van der Waals surface area contributed by atoms with E-state index in [9.17, 15) is 9.18 Å². The average molecular weight is 299 g/mol. The molecule has 0 aliphatic rings. The SMILES string of the molecule is CCCOc1ccc(F)c2c(=O)c(-c3cncnc3)c[nH]c12. The zero-order chi connectivity index (χ0) is 15.5. The molecule has 3 aromatic rings. The molecule has 1 aromatic carbocycles. The second-order valence-electron chi connectivity index (χ2n) is 4.80. The predicted molar refractivity (Wildman–Crippen MR) is 81.3 cm³/mol. The normalized spacial score (nSPS) is 10.8. The third-order valence-electron chi connectivity index (χ3n) is 3.28. The summed E-state index contributed by atoms with van der Waals surface area (Å²) >= 11 is 0. The van der Waals surface area contributed by atoms with E-state index in [0.29, 0.717) is 29.0 Å². The molecule has 0 spiro atoms. The van der Waals surface area contributed by atoms with Crippen LogP contribution in [0.25, 0.3) is 22.0 Å². The monoisotopic (exact) mass is 299 g/mol. The van der Waals surface area contributed by atoms with E-state index < -0.39 is 11.2 Å². The highest BCUT2D eigenvalue weighted by Crippen LogP contribution is 2.26. The summed E-state index contributed by atoms with van der Waals surface area (Å²) in [7, 11) is 0. The van der Waals surface area contributed by atoms with Crippen molar-refractivity contribution in [3.8, 4) is 16.9 Å². The number of H-pyrrole nitrogens is 1. The van der Waals surface area contributed by atoms with Crippen molar-refractivity contribution < 1.29 is 9.13 Å². The highest BCUT2D eigenvalue weighted by molar-refractivity contribution is 5.88. The smallest absolute Gasteiger partial charge is 0.200 e. The van der Waals surface area contributed by atoms with Crippen LogP contribution >= 0.6 is 0 Å². The highest BCUT2D eigenvalue weighted by atomic mass is 19.1. The highest BCUT2D eigenvalue weighted by Gasteiger charge is 2.15. The molecule has 1 N–H and O–H groups in total. The van der Waals surface area contributed by atoms with Crippen LogP contribution < -0.4 is 10.2 Å². The van der Waals surface area contributed by atoms with Gasteiger partial charge >= 0.3 is 0 Å². The van der Waals surface area contributed by atoms with Gasteiger partial charge in [-0.1, -0.05) is 6.92 Å². The van der Waals surface area contributed by atoms with E-state index in [-0.39, 0.29) is 5.39 Å². The fourth-order valence-corrected chi connectivity index (χ4v) is 2.25. The van der Waals surface area contributed by atoms with Gasteiger partial charge in [0, 0.05) is 29.7 Å². The molecule has 5 nitrogen and oxygen atoms in total. The molecule has 6 heteroatoms. The molecule has 22 heavy (non-hydrogen) atoms. The molecule has 0 aliphatic carbocycles. The minimum absolute atomic E-state index is 0.0186. The summed E-state index contributed by atoms with van der Waals surface area (Å²) < 4.78 is 19.7. The number of pyridine rings is 1. The average Bonchev–Trinajstić information content (AvgIpc) is 2.55. The maximum atomic E-state index is 14.1. The van der Waals surface area contributed by atoms with Gasteiger partial charge in [-0.2, -0.15) is 0 Å². The Morgan fingerprint density at radius 2 is 2.05 bits per heavy atom. The summed E-state index contributed by atoms with van der Waals surface area (Å²) in [6.07, 6.45) is 6.75. The molecule has 0 radical (unpaired) electrons. The lowest BCUT2D eigenvalue weighted by atomic mass is 10.1. The summed E-state index contributed by atoms with van der Waals surface area (Å²) in [5.74, 6) is -0.120. The minimum Gasteiger partial charge on any atom is -0.491 e. The van der Waals surface area contributed by atoms with Gasteiger partial charge in [-0.25, -0.2) is 14.4 Å². The Balaban J connectivity index is 2.23. The number of hydrogen-bond acceptors (Lipinski definition) is 4. The van der Waals surface area contributed by atoms with Crippen molar-refractivity contribution in [1.29, 1.82) is 0 Å². The van der Waals surface area contributed by atoms with Gasteiger partial charge in [0.25, 0.3) is 0 Å². The molecule has 3 rings (SSSR count). The van der Waals surface area contributed by atoms with Crippen LogP contribution in [0, 0.1) is 5.82 Å². The Labute approximate surface area is 125 Å². The maximum Gasteiger partial charge on any atom is 0.200 e. The van der Waals surface area contributed by atoms with E-state index in [1.54, 1.807) is 0 Å². The van der Waals surface area contributed by atoms with E-state index >= 15 is 0 Å². The van der Waals surface area contributed by atoms with Gasteiger partial charge in [0.1, 0.15) is 17.9 Å². The van der Waals surface area contributed by atoms with Crippen LogP contribution in [0.2, 0.25) is 0 Å². The Bertz CT molecular complexity index is 862. The van der Waals surface area contributed by atoms with E-state index in [1.807, 2.05) is 6.92 Å². The van der Waals surface area contributed by atoms with Crippen LogP contribution in [0.5, 0.6) is 5.75 Å². The Kier molecular flexibility index (Phi) is 3.82. The Morgan fingerprint density at radius 3 is 2.77 bits per heavy atom. The third kappa shape index (κ3) is 2.43. The molecule has 0 saturated heterocycles. The van der Waals surface area contributed by atoms with Crippen molar-refractivity contribution in [3.05, 3.63) is 53.1 Å². The van der Waals surface area contributed by atoms with Crippen molar-refractivity contribution in [2.24, 2.45) is 0 Å². The van der Waals surface area contributed by atoms with Crippen molar-refractivity contribution in [1.82, 2.24) is 15.0 Å². The zero-order valence-electron chi connectivity index (χ0n) is 12.0. The lowest BCUT2D eigenvalue weighted by Crippen LogP contribution is -2.10. The predicted octanol–water partition coefficient (Wildman–Crippen LogP) is 2.91. The fourth-order valence-electron chi connectivity index (χ4n) is 2.25. The number of hydrogen-bond donors (Lipinski definition) is 1. The molecule has 2 aromatic heterocycles. The number of rotatable bonds is 4. The molecule has 112 valence electrons. The number of ether oxygens (including phenoxy) is 1. The number of aromatic nitrogens is 3. The first-order valence-corrected chi connectivity index (χ1v) is 6.94. The van der Waals surface area contributed by atoms with Gasteiger partial charge in [-0.3, -0.25) is 4.79 Å². The number of nitrogens with one attached hydrogen (secondary N) is 1. The van der Waals surface area contributed by atoms with Crippen LogP contribution in [-0.4, -0.2) is 21.6 Å². The van der Waals surface area contributed by atoms with Crippen LogP contribution in [-0.2, 0) is 0 Å². The van der Waals surface area contributed by atoms with Crippen molar-refractivity contribution in [2.75, 3.05) is 6.61 Å². The summed E-state index contributed by atoms with van der Waals surface area (Å²) in [5.41, 5.74) is 0.798. The molecule has 0 unspecified atom stereocenters. The zero-order valence-corrected chi connectivity index (χ0v) is 12.0. The van der Waals surface area contributed by atoms with Crippen molar-refractivity contribution in [2.45, 2.75) is 13.3 Å². The lowest BCUT2D eigenvalue weighted by Gasteiger charge is -2.10. The van der Waals surface area contributed by atoms with E-state index in [1.165, 1.54) is 37.1 Å². The fraction of sp³-hybridized carbons (Fsp3) is 0.188. The second-order valence-corrected chi connectivity index (χ2v) is 4.80. The van der Waals surface area contributed by atoms with Crippen molar-refractivity contribution >= 4 is 10.9 Å². The van der Waals surface area contributed by atoms with E-state index in [0.717, 1.165) is 6.42 Å². The summed E-state index contributed by atoms with van der Waals surface area (Å²) in [6, 6.07) is 2.77. The second kappa shape index (κ2) is 5.93. The molecule has 0 amide bonds. The van der Waals surface area contributed by atoms with E-state index in [2.05, 4.69) is 15.0 Å². The number of fused-ring (bicyclic) bond motifs is 1. The third-order valence-corrected chi connectivity index (χ3v) is 3.28. The first kappa shape index (κ1) is 14.2. The van der Waals surface area contributed by atoms with Crippen LogP contribution in [0.1, 0.15) is 13.3 Å². The molecule has 0 aliphatic heterocycles. The quantitative estimate of drug-likeness (QED) is 0.804. The first-order chi connectivity index (χ1) is 10.7. The number of aromatic amines is 1. The Hall–Kier alpha value is -2.76. The number of benzene rings is 1. The molecule has 0 bridgehead atoms. The van der Waals surface area contributed by atoms with Crippen LogP contribution in [0.4, 0.5) is 4.39 Å². The van der Waals surface area contributed by atoms with Gasteiger partial charge in [-0.05, 0) is 18.6 Å². The minimum atomic E-state index is -0.584. The lowest BCUT2D eigenvalue weighted by molar-refractivity contribution is 0.320. The standard InChI is InChI=1S/C16H14FN3O2/c1-2-5-22-13-4-3-12(17)14-15(13)20-8-11(16(14)21)10-6-18-9-19-7-10/h3-4,6-9H,2,5H2,1H3,(H,20,21). The molecule has 0 atom stereocenters. The van der Waals surface area contributed by atoms with Crippen molar-refractivity contribution in [3.63, 3.8) is 0 Å². The Morgan fingerprint density at radius 1 is 1.27 bits per heavy atom. The van der Waals surface area contributed by atoms with Gasteiger partial charge in [0.15, 0.2) is 5.43 Å². The van der Waals surface area contributed by atoms with Gasteiger partial charge < -0.3 is 9.72 Å². The van der Waals surface area contributed by atoms with Crippen LogP contribution in [0.3, 0.4) is 0 Å². The molecular formula is C16H14FN3O2. The van der Waals surface area contributed by atoms with Gasteiger partial charge in [0.05, 0.1) is 17.5 Å². The summed E-state index contributed by atoms with van der Waals surface area (Å²) in [5, 5.41) is -0.0186.